The Balaban J connectivity index is 1.90. The lowest BCUT2D eigenvalue weighted by atomic mass is 10.0. The van der Waals surface area contributed by atoms with Gasteiger partial charge in [-0.3, -0.25) is 4.21 Å². The number of hydrogen-bond acceptors (Lipinski definition) is 1. The number of benzene rings is 2. The first-order valence-electron chi connectivity index (χ1n) is 8.05. The van der Waals surface area contributed by atoms with Crippen LogP contribution in [0.3, 0.4) is 0 Å². The van der Waals surface area contributed by atoms with Gasteiger partial charge < -0.3 is 0 Å². The molecule has 116 valence electrons. The van der Waals surface area contributed by atoms with E-state index in [0.29, 0.717) is 11.8 Å². The van der Waals surface area contributed by atoms with Crippen molar-refractivity contribution in [2.75, 3.05) is 0 Å². The standard InChI is InChI=1S/C20H24OS/c1-15(2)19-14-20(19,13-17-7-5-4-6-8-17)22(21)18-11-9-16(3)10-12-18/h4-12,15,19H,13-14H2,1-3H3/t19-,20+,22?/m0/s1. The fourth-order valence-electron chi connectivity index (χ4n) is 3.48. The van der Waals surface area contributed by atoms with Crippen LogP contribution in [0.1, 0.15) is 31.4 Å². The minimum Gasteiger partial charge on any atom is -0.254 e. The van der Waals surface area contributed by atoms with E-state index in [4.69, 9.17) is 0 Å². The average Bonchev–Trinajstić information content (AvgIpc) is 3.24. The molecule has 1 unspecified atom stereocenters. The van der Waals surface area contributed by atoms with Gasteiger partial charge in [-0.1, -0.05) is 61.9 Å². The van der Waals surface area contributed by atoms with Crippen LogP contribution in [0.15, 0.2) is 59.5 Å². The molecule has 0 radical (unpaired) electrons. The van der Waals surface area contributed by atoms with Gasteiger partial charge in [-0.25, -0.2) is 0 Å². The quantitative estimate of drug-likeness (QED) is 0.778. The third-order valence-corrected chi connectivity index (χ3v) is 6.89. The van der Waals surface area contributed by atoms with Crippen molar-refractivity contribution >= 4 is 10.8 Å². The van der Waals surface area contributed by atoms with E-state index in [9.17, 15) is 4.21 Å². The largest absolute Gasteiger partial charge is 0.254 e. The zero-order valence-corrected chi connectivity index (χ0v) is 14.4. The Kier molecular flexibility index (Phi) is 4.22. The molecule has 2 aromatic carbocycles. The van der Waals surface area contributed by atoms with E-state index in [1.54, 1.807) is 0 Å². The van der Waals surface area contributed by atoms with Crippen molar-refractivity contribution in [3.05, 3.63) is 65.7 Å². The summed E-state index contributed by atoms with van der Waals surface area (Å²) in [5.74, 6) is 1.13. The van der Waals surface area contributed by atoms with E-state index in [2.05, 4.69) is 57.2 Å². The third-order valence-electron chi connectivity index (χ3n) is 4.84. The summed E-state index contributed by atoms with van der Waals surface area (Å²) in [4.78, 5) is 0.977. The first kappa shape index (κ1) is 15.5. The highest BCUT2D eigenvalue weighted by molar-refractivity contribution is 7.86. The Morgan fingerprint density at radius 3 is 2.27 bits per heavy atom. The van der Waals surface area contributed by atoms with Crippen LogP contribution in [0, 0.1) is 18.8 Å². The van der Waals surface area contributed by atoms with Gasteiger partial charge in [0.25, 0.3) is 0 Å². The molecule has 22 heavy (non-hydrogen) atoms. The molecule has 3 rings (SSSR count). The summed E-state index contributed by atoms with van der Waals surface area (Å²) in [6, 6.07) is 18.7. The maximum absolute atomic E-state index is 13.3. The smallest absolute Gasteiger partial charge is 0.0598 e. The van der Waals surface area contributed by atoms with Gasteiger partial charge in [0, 0.05) is 4.90 Å². The van der Waals surface area contributed by atoms with Crippen LogP contribution in [0.25, 0.3) is 0 Å². The van der Waals surface area contributed by atoms with Crippen molar-refractivity contribution in [2.45, 2.75) is 43.3 Å². The molecule has 1 aliphatic carbocycles. The molecule has 0 spiro atoms. The van der Waals surface area contributed by atoms with E-state index >= 15 is 0 Å². The van der Waals surface area contributed by atoms with E-state index < -0.39 is 10.8 Å². The van der Waals surface area contributed by atoms with Gasteiger partial charge in [0.05, 0.1) is 15.5 Å². The lowest BCUT2D eigenvalue weighted by molar-refractivity contribution is 0.523. The molecule has 2 aromatic rings. The molecule has 0 heterocycles. The molecule has 1 aliphatic rings. The summed E-state index contributed by atoms with van der Waals surface area (Å²) in [6.45, 7) is 6.58. The molecule has 0 saturated heterocycles. The zero-order valence-electron chi connectivity index (χ0n) is 13.6. The highest BCUT2D eigenvalue weighted by Crippen LogP contribution is 2.56. The highest BCUT2D eigenvalue weighted by atomic mass is 32.2. The minimum absolute atomic E-state index is 0.0786. The second-order valence-corrected chi connectivity index (χ2v) is 8.69. The Morgan fingerprint density at radius 1 is 1.09 bits per heavy atom. The van der Waals surface area contributed by atoms with Crippen LogP contribution < -0.4 is 0 Å². The molecule has 0 N–H and O–H groups in total. The molecular formula is C20H24OS. The van der Waals surface area contributed by atoms with E-state index in [-0.39, 0.29) is 4.75 Å². The first-order chi connectivity index (χ1) is 10.5. The Hall–Kier alpha value is -1.41. The Labute approximate surface area is 136 Å². The molecule has 1 saturated carbocycles. The highest BCUT2D eigenvalue weighted by Gasteiger charge is 2.59. The third kappa shape index (κ3) is 2.89. The van der Waals surface area contributed by atoms with Crippen molar-refractivity contribution in [3.63, 3.8) is 0 Å². The van der Waals surface area contributed by atoms with Gasteiger partial charge in [0.1, 0.15) is 0 Å². The van der Waals surface area contributed by atoms with Crippen molar-refractivity contribution in [1.29, 1.82) is 0 Å². The van der Waals surface area contributed by atoms with Crippen LogP contribution in [0.2, 0.25) is 0 Å². The monoisotopic (exact) mass is 312 g/mol. The summed E-state index contributed by atoms with van der Waals surface area (Å²) >= 11 is 0. The molecule has 0 amide bonds. The summed E-state index contributed by atoms with van der Waals surface area (Å²) < 4.78 is 13.2. The van der Waals surface area contributed by atoms with Crippen molar-refractivity contribution < 1.29 is 4.21 Å². The number of rotatable bonds is 5. The Morgan fingerprint density at radius 2 is 1.73 bits per heavy atom. The summed E-state index contributed by atoms with van der Waals surface area (Å²) in [6.07, 6.45) is 1.98. The van der Waals surface area contributed by atoms with Gasteiger partial charge >= 0.3 is 0 Å². The van der Waals surface area contributed by atoms with E-state index in [0.717, 1.165) is 17.7 Å². The molecule has 2 heteroatoms. The van der Waals surface area contributed by atoms with Gasteiger partial charge in [-0.15, -0.1) is 0 Å². The van der Waals surface area contributed by atoms with Crippen molar-refractivity contribution in [3.8, 4) is 0 Å². The van der Waals surface area contributed by atoms with Gasteiger partial charge in [0.2, 0.25) is 0 Å². The zero-order chi connectivity index (χ0) is 15.7. The fraction of sp³-hybridized carbons (Fsp3) is 0.400. The molecular weight excluding hydrogens is 288 g/mol. The lowest BCUT2D eigenvalue weighted by Gasteiger charge is -2.19. The van der Waals surface area contributed by atoms with E-state index in [1.807, 2.05) is 18.2 Å². The maximum atomic E-state index is 13.3. The molecule has 0 bridgehead atoms. The topological polar surface area (TPSA) is 17.1 Å². The first-order valence-corrected chi connectivity index (χ1v) is 9.20. The predicted octanol–water partition coefficient (Wildman–Crippen LogP) is 4.76. The minimum atomic E-state index is -0.942. The van der Waals surface area contributed by atoms with Crippen LogP contribution in [-0.4, -0.2) is 8.96 Å². The van der Waals surface area contributed by atoms with Crippen LogP contribution in [-0.2, 0) is 17.2 Å². The molecule has 0 aliphatic heterocycles. The van der Waals surface area contributed by atoms with Gasteiger partial charge in [-0.05, 0) is 49.3 Å². The number of aryl methyl sites for hydroxylation is 1. The summed E-state index contributed by atoms with van der Waals surface area (Å²) in [7, 11) is -0.942. The van der Waals surface area contributed by atoms with Crippen molar-refractivity contribution in [2.24, 2.45) is 11.8 Å². The van der Waals surface area contributed by atoms with Crippen LogP contribution in [0.4, 0.5) is 0 Å². The SMILES string of the molecule is Cc1ccc(S(=O)[C@]2(Cc3ccccc3)C[C@H]2C(C)C)cc1. The molecule has 1 nitrogen and oxygen atoms in total. The van der Waals surface area contributed by atoms with Crippen LogP contribution in [0.5, 0.6) is 0 Å². The average molecular weight is 312 g/mol. The molecule has 1 fully saturated rings. The number of hydrogen-bond donors (Lipinski definition) is 0. The fourth-order valence-corrected chi connectivity index (χ4v) is 5.50. The molecule has 0 aromatic heterocycles. The second-order valence-electron chi connectivity index (χ2n) is 6.86. The second kappa shape index (κ2) is 6.00. The Bertz CT molecular complexity index is 660. The maximum Gasteiger partial charge on any atom is 0.0598 e. The lowest BCUT2D eigenvalue weighted by Crippen LogP contribution is -2.25. The van der Waals surface area contributed by atoms with Crippen molar-refractivity contribution in [1.82, 2.24) is 0 Å². The molecule has 3 atom stereocenters. The van der Waals surface area contributed by atoms with Gasteiger partial charge in [-0.2, -0.15) is 0 Å². The summed E-state index contributed by atoms with van der Waals surface area (Å²) in [5.41, 5.74) is 2.51. The van der Waals surface area contributed by atoms with Crippen LogP contribution >= 0.6 is 0 Å². The van der Waals surface area contributed by atoms with E-state index in [1.165, 1.54) is 11.1 Å². The van der Waals surface area contributed by atoms with Gasteiger partial charge in [0.15, 0.2) is 0 Å². The normalized spacial score (nSPS) is 25.2. The summed E-state index contributed by atoms with van der Waals surface area (Å²) in [5, 5.41) is 0. The predicted molar refractivity (Wildman–Crippen MR) is 93.4 cm³/mol.